The van der Waals surface area contributed by atoms with Crippen LogP contribution in [0.2, 0.25) is 0 Å². The van der Waals surface area contributed by atoms with Crippen molar-refractivity contribution in [2.45, 2.75) is 27.7 Å². The van der Waals surface area contributed by atoms with E-state index in [4.69, 9.17) is 9.97 Å². The molecule has 0 unspecified atom stereocenters. The molecule has 0 atom stereocenters. The number of rotatable bonds is 1. The van der Waals surface area contributed by atoms with Gasteiger partial charge in [0.2, 0.25) is 0 Å². The Morgan fingerprint density at radius 2 is 1.20 bits per heavy atom. The van der Waals surface area contributed by atoms with Crippen molar-refractivity contribution >= 4 is 43.4 Å². The number of benzene rings is 4. The first kappa shape index (κ1) is 17.3. The molecule has 0 radical (unpaired) electrons. The van der Waals surface area contributed by atoms with Crippen molar-refractivity contribution in [1.82, 2.24) is 9.97 Å². The summed E-state index contributed by atoms with van der Waals surface area (Å²) < 4.78 is 0. The summed E-state index contributed by atoms with van der Waals surface area (Å²) in [6.45, 7) is 8.53. The van der Waals surface area contributed by atoms with E-state index in [1.165, 1.54) is 54.6 Å². The molecule has 0 amide bonds. The van der Waals surface area contributed by atoms with E-state index in [9.17, 15) is 0 Å². The summed E-state index contributed by atoms with van der Waals surface area (Å²) in [7, 11) is 0. The quantitative estimate of drug-likeness (QED) is 0.217. The summed E-state index contributed by atoms with van der Waals surface area (Å²) in [6.07, 6.45) is 0. The zero-order chi connectivity index (χ0) is 20.6. The highest BCUT2D eigenvalue weighted by Crippen LogP contribution is 2.41. The number of nitrogens with zero attached hydrogens (tertiary/aromatic N) is 2. The highest BCUT2D eigenvalue weighted by Gasteiger charge is 2.17. The lowest BCUT2D eigenvalue weighted by atomic mass is 9.90. The lowest BCUT2D eigenvalue weighted by Crippen LogP contribution is -1.94. The molecule has 6 rings (SSSR count). The van der Waals surface area contributed by atoms with Crippen molar-refractivity contribution in [1.29, 1.82) is 0 Å². The molecule has 2 heteroatoms. The maximum absolute atomic E-state index is 5.14. The molecule has 144 valence electrons. The fraction of sp³-hybridized carbons (Fsp3) is 0.143. The first-order valence-corrected chi connectivity index (χ1v) is 10.4. The summed E-state index contributed by atoms with van der Waals surface area (Å²) in [5.41, 5.74) is 9.13. The molecular formula is C28H22N2. The molecule has 0 N–H and O–H groups in total. The SMILES string of the molecule is Cc1cc(C)cc(-c2cc3c4cc(C)nc5cccc(c6cc(C)cc(n2)c63)c54)c1. The van der Waals surface area contributed by atoms with Gasteiger partial charge in [-0.1, -0.05) is 35.4 Å². The van der Waals surface area contributed by atoms with Gasteiger partial charge in [0.25, 0.3) is 0 Å². The van der Waals surface area contributed by atoms with E-state index in [-0.39, 0.29) is 0 Å². The van der Waals surface area contributed by atoms with Crippen LogP contribution in [0.3, 0.4) is 0 Å². The summed E-state index contributed by atoms with van der Waals surface area (Å²) >= 11 is 0. The van der Waals surface area contributed by atoms with Gasteiger partial charge in [0, 0.05) is 22.0 Å². The minimum absolute atomic E-state index is 1.03. The second-order valence-corrected chi connectivity index (χ2v) is 8.65. The van der Waals surface area contributed by atoms with Crippen LogP contribution in [0.15, 0.2) is 60.7 Å². The largest absolute Gasteiger partial charge is 0.253 e. The first-order chi connectivity index (χ1) is 14.5. The van der Waals surface area contributed by atoms with Gasteiger partial charge < -0.3 is 0 Å². The molecule has 0 bridgehead atoms. The van der Waals surface area contributed by atoms with Crippen LogP contribution in [0.4, 0.5) is 0 Å². The molecule has 0 aliphatic rings. The standard InChI is InChI=1S/C28H22N2/c1-15-8-16(2)10-19(9-15)25-14-23-22-13-18(4)29-24-7-5-6-20(27(22)24)21-11-17(3)12-26(30-25)28(21)23/h5-14H,1-4H3. The van der Waals surface area contributed by atoms with Gasteiger partial charge in [-0.2, -0.15) is 0 Å². The number of hydrogen-bond donors (Lipinski definition) is 0. The molecule has 2 heterocycles. The van der Waals surface area contributed by atoms with Gasteiger partial charge >= 0.3 is 0 Å². The van der Waals surface area contributed by atoms with Crippen molar-refractivity contribution in [2.24, 2.45) is 0 Å². The van der Waals surface area contributed by atoms with Gasteiger partial charge in [0.05, 0.1) is 16.7 Å². The van der Waals surface area contributed by atoms with E-state index in [0.717, 1.165) is 22.4 Å². The first-order valence-electron chi connectivity index (χ1n) is 10.4. The average molecular weight is 386 g/mol. The van der Waals surface area contributed by atoms with Crippen molar-refractivity contribution in [2.75, 3.05) is 0 Å². The third kappa shape index (κ3) is 2.43. The van der Waals surface area contributed by atoms with Gasteiger partial charge in [0.1, 0.15) is 0 Å². The molecule has 2 aromatic heterocycles. The Bertz CT molecular complexity index is 1610. The second-order valence-electron chi connectivity index (χ2n) is 8.65. The van der Waals surface area contributed by atoms with Crippen LogP contribution in [0.1, 0.15) is 22.4 Å². The Hall–Kier alpha value is -3.52. The molecule has 6 aromatic rings. The molecule has 30 heavy (non-hydrogen) atoms. The van der Waals surface area contributed by atoms with Crippen molar-refractivity contribution in [3.05, 3.63) is 83.0 Å². The minimum Gasteiger partial charge on any atom is -0.253 e. The van der Waals surface area contributed by atoms with Gasteiger partial charge in [-0.3, -0.25) is 4.98 Å². The molecule has 2 nitrogen and oxygen atoms in total. The summed E-state index contributed by atoms with van der Waals surface area (Å²) in [6, 6.07) is 22.2. The summed E-state index contributed by atoms with van der Waals surface area (Å²) in [5.74, 6) is 0. The third-order valence-corrected chi connectivity index (χ3v) is 6.11. The van der Waals surface area contributed by atoms with E-state index in [0.29, 0.717) is 0 Å². The molecule has 0 aliphatic carbocycles. The van der Waals surface area contributed by atoms with Gasteiger partial charge in [-0.25, -0.2) is 4.98 Å². The van der Waals surface area contributed by atoms with Crippen LogP contribution >= 0.6 is 0 Å². The Balaban J connectivity index is 1.88. The van der Waals surface area contributed by atoms with Crippen LogP contribution in [0, 0.1) is 27.7 Å². The van der Waals surface area contributed by atoms with E-state index >= 15 is 0 Å². The van der Waals surface area contributed by atoms with E-state index in [1.807, 2.05) is 0 Å². The molecule has 0 aliphatic heterocycles. The Kier molecular flexibility index (Phi) is 3.47. The molecule has 0 spiro atoms. The lowest BCUT2D eigenvalue weighted by molar-refractivity contribution is 1.27. The predicted molar refractivity (Wildman–Crippen MR) is 128 cm³/mol. The number of aromatic nitrogens is 2. The van der Waals surface area contributed by atoms with Crippen molar-refractivity contribution in [3.8, 4) is 11.3 Å². The minimum atomic E-state index is 1.03. The molecule has 4 aromatic carbocycles. The normalized spacial score (nSPS) is 12.0. The van der Waals surface area contributed by atoms with Crippen molar-refractivity contribution < 1.29 is 0 Å². The molecular weight excluding hydrogens is 364 g/mol. The number of pyridine rings is 2. The molecule has 0 saturated heterocycles. The maximum atomic E-state index is 5.14. The zero-order valence-electron chi connectivity index (χ0n) is 17.7. The Morgan fingerprint density at radius 3 is 2.00 bits per heavy atom. The highest BCUT2D eigenvalue weighted by atomic mass is 14.7. The zero-order valence-corrected chi connectivity index (χ0v) is 17.7. The van der Waals surface area contributed by atoms with Gasteiger partial charge in [0.15, 0.2) is 0 Å². The molecule has 0 fully saturated rings. The monoisotopic (exact) mass is 386 g/mol. The van der Waals surface area contributed by atoms with Crippen molar-refractivity contribution in [3.63, 3.8) is 0 Å². The maximum Gasteiger partial charge on any atom is 0.0724 e. The second kappa shape index (κ2) is 5.99. The topological polar surface area (TPSA) is 25.8 Å². The Morgan fingerprint density at radius 1 is 0.533 bits per heavy atom. The van der Waals surface area contributed by atoms with Crippen LogP contribution in [-0.2, 0) is 0 Å². The number of aryl methyl sites for hydroxylation is 4. The summed E-state index contributed by atoms with van der Waals surface area (Å²) in [5, 5.41) is 7.56. The van der Waals surface area contributed by atoms with E-state index in [1.54, 1.807) is 0 Å². The van der Waals surface area contributed by atoms with Crippen LogP contribution in [0.5, 0.6) is 0 Å². The van der Waals surface area contributed by atoms with Gasteiger partial charge in [-0.15, -0.1) is 0 Å². The lowest BCUT2D eigenvalue weighted by Gasteiger charge is -2.16. The average Bonchev–Trinajstić information content (AvgIpc) is 2.69. The van der Waals surface area contributed by atoms with E-state index < -0.39 is 0 Å². The van der Waals surface area contributed by atoms with Crippen LogP contribution in [-0.4, -0.2) is 9.97 Å². The van der Waals surface area contributed by atoms with E-state index in [2.05, 4.69) is 88.4 Å². The summed E-state index contributed by atoms with van der Waals surface area (Å²) in [4.78, 5) is 9.96. The highest BCUT2D eigenvalue weighted by molar-refractivity contribution is 6.32. The third-order valence-electron chi connectivity index (χ3n) is 6.11. The number of hydrogen-bond acceptors (Lipinski definition) is 2. The van der Waals surface area contributed by atoms with Crippen LogP contribution < -0.4 is 0 Å². The Labute approximate surface area is 175 Å². The fourth-order valence-corrected chi connectivity index (χ4v) is 5.06. The van der Waals surface area contributed by atoms with Gasteiger partial charge in [-0.05, 0) is 91.2 Å². The predicted octanol–water partition coefficient (Wildman–Crippen LogP) is 7.43. The number of fused-ring (bicyclic) bond motifs is 2. The van der Waals surface area contributed by atoms with Crippen LogP contribution in [0.25, 0.3) is 54.6 Å². The smallest absolute Gasteiger partial charge is 0.0724 e. The fourth-order valence-electron chi connectivity index (χ4n) is 5.06. The molecule has 0 saturated carbocycles.